The Morgan fingerprint density at radius 3 is 2.84 bits per heavy atom. The van der Waals surface area contributed by atoms with E-state index < -0.39 is 0 Å². The summed E-state index contributed by atoms with van der Waals surface area (Å²) in [7, 11) is 0. The van der Waals surface area contributed by atoms with Gasteiger partial charge in [0.05, 0.1) is 12.2 Å². The molecule has 0 aliphatic carbocycles. The summed E-state index contributed by atoms with van der Waals surface area (Å²) in [5.74, 6) is 0. The molecule has 5 heteroatoms. The van der Waals surface area contributed by atoms with Gasteiger partial charge in [-0.05, 0) is 25.0 Å². The van der Waals surface area contributed by atoms with Crippen LogP contribution in [0.15, 0.2) is 39.9 Å². The van der Waals surface area contributed by atoms with Crippen molar-refractivity contribution in [2.75, 3.05) is 0 Å². The molecule has 0 saturated heterocycles. The van der Waals surface area contributed by atoms with Crippen LogP contribution in [0.2, 0.25) is 0 Å². The summed E-state index contributed by atoms with van der Waals surface area (Å²) in [5.41, 5.74) is 3.00. The predicted molar refractivity (Wildman–Crippen MR) is 71.1 cm³/mol. The van der Waals surface area contributed by atoms with E-state index in [0.717, 1.165) is 11.1 Å². The molecular weight excluding hydrogens is 242 g/mol. The van der Waals surface area contributed by atoms with Gasteiger partial charge in [0.25, 0.3) is 11.3 Å². The van der Waals surface area contributed by atoms with Crippen LogP contribution in [0.4, 0.5) is 0 Å². The number of aryl methyl sites for hydroxylation is 2. The molecule has 0 bridgehead atoms. The number of aromatic nitrogens is 3. The fraction of sp³-hybridized carbons (Fsp3) is 0.214. The third-order valence-corrected chi connectivity index (χ3v) is 3.24. The molecule has 0 amide bonds. The molecule has 3 aromatic rings. The molecule has 0 aliphatic heterocycles. The van der Waals surface area contributed by atoms with E-state index in [0.29, 0.717) is 23.3 Å². The minimum absolute atomic E-state index is 0.119. The number of hydrogen-bond donors (Lipinski definition) is 0. The van der Waals surface area contributed by atoms with Crippen LogP contribution in [0.3, 0.4) is 0 Å². The Bertz CT molecular complexity index is 802. The highest BCUT2D eigenvalue weighted by Crippen LogP contribution is 2.12. The van der Waals surface area contributed by atoms with Gasteiger partial charge in [-0.25, -0.2) is 4.98 Å². The molecule has 5 nitrogen and oxygen atoms in total. The zero-order valence-electron chi connectivity index (χ0n) is 10.8. The molecule has 0 unspecified atom stereocenters. The molecule has 19 heavy (non-hydrogen) atoms. The second-order valence-electron chi connectivity index (χ2n) is 4.55. The molecule has 1 aromatic carbocycles. The second-order valence-corrected chi connectivity index (χ2v) is 4.55. The number of hydrogen-bond acceptors (Lipinski definition) is 4. The molecule has 0 radical (unpaired) electrons. The number of benzene rings is 1. The zero-order chi connectivity index (χ0) is 13.4. The van der Waals surface area contributed by atoms with Gasteiger partial charge < -0.3 is 4.52 Å². The Balaban J connectivity index is 2.12. The first kappa shape index (κ1) is 11.6. The van der Waals surface area contributed by atoms with E-state index in [1.54, 1.807) is 11.5 Å². The van der Waals surface area contributed by atoms with Crippen LogP contribution in [-0.4, -0.2) is 14.7 Å². The molecule has 0 saturated carbocycles. The predicted octanol–water partition coefficient (Wildman–Crippen LogP) is 2.05. The van der Waals surface area contributed by atoms with Crippen LogP contribution in [0.5, 0.6) is 0 Å². The van der Waals surface area contributed by atoms with Crippen molar-refractivity contribution in [2.24, 2.45) is 0 Å². The quantitative estimate of drug-likeness (QED) is 0.703. The minimum atomic E-state index is -0.119. The zero-order valence-corrected chi connectivity index (χ0v) is 10.8. The number of fused-ring (bicyclic) bond motifs is 1. The summed E-state index contributed by atoms with van der Waals surface area (Å²) in [5, 5.41) is 4.23. The van der Waals surface area contributed by atoms with Gasteiger partial charge in [-0.1, -0.05) is 29.4 Å². The summed E-state index contributed by atoms with van der Waals surface area (Å²) in [6, 6.07) is 7.97. The van der Waals surface area contributed by atoms with Crippen LogP contribution in [0.25, 0.3) is 11.1 Å². The molecule has 0 spiro atoms. The van der Waals surface area contributed by atoms with E-state index in [2.05, 4.69) is 10.1 Å². The first-order chi connectivity index (χ1) is 9.16. The van der Waals surface area contributed by atoms with Crippen molar-refractivity contribution >= 4 is 11.1 Å². The highest BCUT2D eigenvalue weighted by molar-refractivity contribution is 5.73. The molecule has 0 aliphatic rings. The summed E-state index contributed by atoms with van der Waals surface area (Å²) in [6.07, 6.45) is 1.50. The van der Waals surface area contributed by atoms with E-state index in [9.17, 15) is 4.79 Å². The van der Waals surface area contributed by atoms with Crippen molar-refractivity contribution in [3.8, 4) is 0 Å². The molecule has 0 fully saturated rings. The van der Waals surface area contributed by atoms with Crippen molar-refractivity contribution in [2.45, 2.75) is 20.4 Å². The smallest absolute Gasteiger partial charge is 0.266 e. The topological polar surface area (TPSA) is 60.9 Å². The van der Waals surface area contributed by atoms with Gasteiger partial charge in [-0.2, -0.15) is 0 Å². The van der Waals surface area contributed by atoms with Crippen LogP contribution in [-0.2, 0) is 6.54 Å². The Morgan fingerprint density at radius 1 is 1.26 bits per heavy atom. The van der Waals surface area contributed by atoms with E-state index in [-0.39, 0.29) is 5.56 Å². The highest BCUT2D eigenvalue weighted by atomic mass is 16.5. The van der Waals surface area contributed by atoms with Crippen molar-refractivity contribution < 1.29 is 4.52 Å². The fourth-order valence-electron chi connectivity index (χ4n) is 2.09. The van der Waals surface area contributed by atoms with Crippen LogP contribution in [0, 0.1) is 13.8 Å². The van der Waals surface area contributed by atoms with Crippen LogP contribution in [0.1, 0.15) is 16.8 Å². The first-order valence-electron chi connectivity index (χ1n) is 6.03. The second kappa shape index (κ2) is 4.35. The largest absolute Gasteiger partial charge is 0.335 e. The number of rotatable bonds is 2. The van der Waals surface area contributed by atoms with Crippen molar-refractivity contribution in [1.82, 2.24) is 14.7 Å². The molecule has 0 N–H and O–H groups in total. The summed E-state index contributed by atoms with van der Waals surface area (Å²) in [6.45, 7) is 4.27. The van der Waals surface area contributed by atoms with E-state index in [1.165, 1.54) is 6.33 Å². The van der Waals surface area contributed by atoms with E-state index in [4.69, 9.17) is 4.52 Å². The lowest BCUT2D eigenvalue weighted by Crippen LogP contribution is -2.21. The van der Waals surface area contributed by atoms with Gasteiger partial charge in [0, 0.05) is 0 Å². The minimum Gasteiger partial charge on any atom is -0.335 e. The molecule has 96 valence electrons. The van der Waals surface area contributed by atoms with Gasteiger partial charge in [0.15, 0.2) is 0 Å². The molecule has 2 aromatic heterocycles. The van der Waals surface area contributed by atoms with Crippen LogP contribution < -0.4 is 5.56 Å². The molecular formula is C14H13N3O2. The van der Waals surface area contributed by atoms with Crippen LogP contribution >= 0.6 is 0 Å². The van der Waals surface area contributed by atoms with E-state index in [1.807, 2.05) is 31.2 Å². The first-order valence-corrected chi connectivity index (χ1v) is 6.03. The lowest BCUT2D eigenvalue weighted by Gasteiger charge is -2.07. The number of nitrogens with zero attached hydrogens (tertiary/aromatic N) is 3. The van der Waals surface area contributed by atoms with Gasteiger partial charge in [-0.3, -0.25) is 9.36 Å². The summed E-state index contributed by atoms with van der Waals surface area (Å²) >= 11 is 0. The monoisotopic (exact) mass is 255 g/mol. The van der Waals surface area contributed by atoms with Crippen molar-refractivity contribution in [1.29, 1.82) is 0 Å². The van der Waals surface area contributed by atoms with Gasteiger partial charge >= 0.3 is 0 Å². The Labute approximate surface area is 109 Å². The average Bonchev–Trinajstić information content (AvgIpc) is 2.78. The van der Waals surface area contributed by atoms with Gasteiger partial charge in [0.2, 0.25) is 0 Å². The van der Waals surface area contributed by atoms with Crippen molar-refractivity contribution in [3.63, 3.8) is 0 Å². The maximum absolute atomic E-state index is 12.3. The summed E-state index contributed by atoms with van der Waals surface area (Å²) < 4.78 is 6.56. The lowest BCUT2D eigenvalue weighted by molar-refractivity contribution is 0.442. The standard InChI is InChI=1S/C14H13N3O2/c1-9-5-3-4-6-11(9)7-17-8-15-13-12(14(17)18)10(2)16-19-13/h3-6,8H,7H2,1-2H3. The highest BCUT2D eigenvalue weighted by Gasteiger charge is 2.12. The maximum Gasteiger partial charge on any atom is 0.266 e. The molecule has 0 atom stereocenters. The third kappa shape index (κ3) is 1.93. The van der Waals surface area contributed by atoms with Gasteiger partial charge in [0.1, 0.15) is 11.7 Å². The SMILES string of the molecule is Cc1ccccc1Cn1cnc2onc(C)c2c1=O. The van der Waals surface area contributed by atoms with Gasteiger partial charge in [-0.15, -0.1) is 0 Å². The average molecular weight is 255 g/mol. The lowest BCUT2D eigenvalue weighted by atomic mass is 10.1. The van der Waals surface area contributed by atoms with Crippen molar-refractivity contribution in [3.05, 3.63) is 57.8 Å². The Hall–Kier alpha value is -2.43. The summed E-state index contributed by atoms with van der Waals surface area (Å²) in [4.78, 5) is 16.5. The molecule has 2 heterocycles. The fourth-order valence-corrected chi connectivity index (χ4v) is 2.09. The van der Waals surface area contributed by atoms with E-state index >= 15 is 0 Å². The third-order valence-electron chi connectivity index (χ3n) is 3.24. The maximum atomic E-state index is 12.3. The Morgan fingerprint density at radius 2 is 2.05 bits per heavy atom. The normalized spacial score (nSPS) is 11.1. The molecule has 3 rings (SSSR count). The Kier molecular flexibility index (Phi) is 2.67.